The molecule has 2 aromatic carbocycles. The van der Waals surface area contributed by atoms with Crippen molar-refractivity contribution in [2.75, 3.05) is 25.6 Å². The van der Waals surface area contributed by atoms with Gasteiger partial charge in [0.2, 0.25) is 0 Å². The summed E-state index contributed by atoms with van der Waals surface area (Å²) in [5.74, 6) is 1.17. The van der Waals surface area contributed by atoms with E-state index in [1.165, 1.54) is 0 Å². The summed E-state index contributed by atoms with van der Waals surface area (Å²) in [4.78, 5) is 24.8. The molecule has 29 heavy (non-hydrogen) atoms. The first-order valence-corrected chi connectivity index (χ1v) is 9.51. The molecule has 0 spiro atoms. The molecule has 2 heterocycles. The van der Waals surface area contributed by atoms with E-state index in [0.29, 0.717) is 36.6 Å². The first-order chi connectivity index (χ1) is 14.2. The first-order valence-electron chi connectivity index (χ1n) is 9.51. The molecule has 0 unspecified atom stereocenters. The number of pyridine rings is 1. The Morgan fingerprint density at radius 2 is 2.03 bits per heavy atom. The molecular formula is C22H22N4O3. The normalized spacial score (nSPS) is 11.0. The van der Waals surface area contributed by atoms with E-state index in [1.54, 1.807) is 20.2 Å². The van der Waals surface area contributed by atoms with Crippen molar-refractivity contribution in [3.8, 4) is 5.75 Å². The number of imidazole rings is 1. The molecule has 7 heteroatoms. The number of anilines is 1. The van der Waals surface area contributed by atoms with Crippen molar-refractivity contribution in [3.05, 3.63) is 60.0 Å². The van der Waals surface area contributed by atoms with E-state index < -0.39 is 5.97 Å². The maximum absolute atomic E-state index is 12.5. The largest absolute Gasteiger partial charge is 0.497 e. The van der Waals surface area contributed by atoms with Gasteiger partial charge in [0, 0.05) is 24.5 Å². The highest BCUT2D eigenvalue weighted by Crippen LogP contribution is 2.30. The number of carbonyl (C=O) groups excluding carboxylic acids is 1. The molecule has 7 nitrogen and oxygen atoms in total. The fourth-order valence-corrected chi connectivity index (χ4v) is 3.28. The average molecular weight is 390 g/mol. The zero-order chi connectivity index (χ0) is 20.2. The van der Waals surface area contributed by atoms with E-state index in [9.17, 15) is 4.79 Å². The molecule has 0 aliphatic heterocycles. The summed E-state index contributed by atoms with van der Waals surface area (Å²) in [7, 11) is 1.61. The molecule has 0 bridgehead atoms. The summed E-state index contributed by atoms with van der Waals surface area (Å²) < 4.78 is 10.6. The van der Waals surface area contributed by atoms with Crippen LogP contribution in [0.15, 0.2) is 48.7 Å². The molecule has 0 amide bonds. The zero-order valence-electron chi connectivity index (χ0n) is 16.4. The lowest BCUT2D eigenvalue weighted by Gasteiger charge is -2.14. The summed E-state index contributed by atoms with van der Waals surface area (Å²) in [5, 5.41) is 4.19. The van der Waals surface area contributed by atoms with Crippen molar-refractivity contribution >= 4 is 33.6 Å². The van der Waals surface area contributed by atoms with E-state index in [2.05, 4.69) is 20.3 Å². The number of rotatable bonds is 7. The Kier molecular flexibility index (Phi) is 5.29. The molecule has 4 aromatic rings. The number of H-pyrrole nitrogens is 1. The van der Waals surface area contributed by atoms with Gasteiger partial charge in [0.05, 0.1) is 36.0 Å². The maximum Gasteiger partial charge on any atom is 0.341 e. The van der Waals surface area contributed by atoms with Gasteiger partial charge in [0.25, 0.3) is 0 Å². The highest BCUT2D eigenvalue weighted by molar-refractivity contribution is 6.05. The fraction of sp³-hybridized carbons (Fsp3) is 0.227. The number of aromatic nitrogens is 3. The molecule has 0 aliphatic rings. The van der Waals surface area contributed by atoms with Crippen LogP contribution in [0.5, 0.6) is 5.75 Å². The highest BCUT2D eigenvalue weighted by Gasteiger charge is 2.17. The zero-order valence-corrected chi connectivity index (χ0v) is 16.4. The smallest absolute Gasteiger partial charge is 0.341 e. The summed E-state index contributed by atoms with van der Waals surface area (Å²) >= 11 is 0. The van der Waals surface area contributed by atoms with Gasteiger partial charge in [-0.25, -0.2) is 9.78 Å². The third-order valence-corrected chi connectivity index (χ3v) is 4.67. The van der Waals surface area contributed by atoms with Gasteiger partial charge in [-0.15, -0.1) is 0 Å². The second kappa shape index (κ2) is 8.18. The first kappa shape index (κ1) is 18.7. The highest BCUT2D eigenvalue weighted by atomic mass is 16.5. The van der Waals surface area contributed by atoms with Crippen molar-refractivity contribution in [2.45, 2.75) is 13.3 Å². The minimum absolute atomic E-state index is 0.299. The van der Waals surface area contributed by atoms with Crippen LogP contribution >= 0.6 is 0 Å². The Balaban J connectivity index is 1.63. The van der Waals surface area contributed by atoms with Crippen molar-refractivity contribution in [1.29, 1.82) is 0 Å². The maximum atomic E-state index is 12.5. The molecule has 0 saturated carbocycles. The number of methoxy groups -OCH3 is 1. The van der Waals surface area contributed by atoms with Gasteiger partial charge in [-0.3, -0.25) is 4.98 Å². The molecule has 2 N–H and O–H groups in total. The van der Waals surface area contributed by atoms with Crippen LogP contribution in [-0.2, 0) is 11.2 Å². The monoisotopic (exact) mass is 390 g/mol. The Bertz CT molecular complexity index is 1140. The summed E-state index contributed by atoms with van der Waals surface area (Å²) in [6.45, 7) is 2.67. The summed E-state index contributed by atoms with van der Waals surface area (Å²) in [6.07, 6.45) is 2.22. The molecule has 0 aliphatic carbocycles. The Morgan fingerprint density at radius 1 is 1.17 bits per heavy atom. The number of hydrogen-bond acceptors (Lipinski definition) is 6. The van der Waals surface area contributed by atoms with Crippen LogP contribution in [0, 0.1) is 0 Å². The molecule has 4 rings (SSSR count). The minimum atomic E-state index is -0.407. The van der Waals surface area contributed by atoms with Crippen LogP contribution < -0.4 is 10.1 Å². The number of ether oxygens (including phenoxy) is 2. The van der Waals surface area contributed by atoms with Crippen LogP contribution in [0.25, 0.3) is 21.9 Å². The van der Waals surface area contributed by atoms with Crippen LogP contribution in [-0.4, -0.2) is 41.2 Å². The third-order valence-electron chi connectivity index (χ3n) is 4.67. The number of hydrogen-bond donors (Lipinski definition) is 2. The predicted octanol–water partition coefficient (Wildman–Crippen LogP) is 3.95. The topological polar surface area (TPSA) is 89.1 Å². The van der Waals surface area contributed by atoms with Crippen LogP contribution in [0.4, 0.5) is 5.69 Å². The van der Waals surface area contributed by atoms with E-state index in [-0.39, 0.29) is 0 Å². The van der Waals surface area contributed by atoms with Crippen LogP contribution in [0.2, 0.25) is 0 Å². The molecular weight excluding hydrogens is 368 g/mol. The van der Waals surface area contributed by atoms with Gasteiger partial charge in [-0.1, -0.05) is 12.1 Å². The lowest BCUT2D eigenvalue weighted by atomic mass is 10.1. The predicted molar refractivity (Wildman–Crippen MR) is 113 cm³/mol. The van der Waals surface area contributed by atoms with Gasteiger partial charge in [-0.05, 0) is 37.3 Å². The lowest BCUT2D eigenvalue weighted by molar-refractivity contribution is 0.0527. The number of benzene rings is 2. The second-order valence-electron chi connectivity index (χ2n) is 6.53. The molecule has 0 fully saturated rings. The number of fused-ring (bicyclic) bond motifs is 2. The standard InChI is InChI=1S/C22H22N4O3/c1-3-29-22(27)16-13-24-17-9-8-14(28-2)12-15(17)21(16)23-11-10-20-25-18-6-4-5-7-19(18)26-20/h4-9,12-13H,3,10-11H2,1-2H3,(H,23,24)(H,25,26). The van der Waals surface area contributed by atoms with E-state index in [0.717, 1.165) is 27.8 Å². The van der Waals surface area contributed by atoms with Crippen molar-refractivity contribution in [3.63, 3.8) is 0 Å². The van der Waals surface area contributed by atoms with Gasteiger partial charge in [-0.2, -0.15) is 0 Å². The van der Waals surface area contributed by atoms with E-state index in [1.807, 2.05) is 42.5 Å². The quantitative estimate of drug-likeness (QED) is 0.465. The second-order valence-corrected chi connectivity index (χ2v) is 6.53. The third kappa shape index (κ3) is 3.85. The van der Waals surface area contributed by atoms with Crippen LogP contribution in [0.3, 0.4) is 0 Å². The van der Waals surface area contributed by atoms with E-state index in [4.69, 9.17) is 9.47 Å². The lowest BCUT2D eigenvalue weighted by Crippen LogP contribution is -2.13. The molecule has 0 atom stereocenters. The molecule has 0 saturated heterocycles. The van der Waals surface area contributed by atoms with Gasteiger partial charge in [0.1, 0.15) is 17.1 Å². The van der Waals surface area contributed by atoms with Crippen LogP contribution in [0.1, 0.15) is 23.1 Å². The molecule has 0 radical (unpaired) electrons. The van der Waals surface area contributed by atoms with Crippen molar-refractivity contribution in [1.82, 2.24) is 15.0 Å². The van der Waals surface area contributed by atoms with Crippen molar-refractivity contribution in [2.24, 2.45) is 0 Å². The van der Waals surface area contributed by atoms with Gasteiger partial charge >= 0.3 is 5.97 Å². The number of aromatic amines is 1. The van der Waals surface area contributed by atoms with Crippen molar-refractivity contribution < 1.29 is 14.3 Å². The Morgan fingerprint density at radius 3 is 2.83 bits per heavy atom. The minimum Gasteiger partial charge on any atom is -0.497 e. The summed E-state index contributed by atoms with van der Waals surface area (Å²) in [6, 6.07) is 13.5. The van der Waals surface area contributed by atoms with Gasteiger partial charge < -0.3 is 19.8 Å². The Hall–Kier alpha value is -3.61. The van der Waals surface area contributed by atoms with Gasteiger partial charge in [0.15, 0.2) is 0 Å². The summed E-state index contributed by atoms with van der Waals surface area (Å²) in [5.41, 5.74) is 3.80. The number of nitrogens with one attached hydrogen (secondary N) is 2. The number of esters is 1. The molecule has 2 aromatic heterocycles. The average Bonchev–Trinajstić information content (AvgIpc) is 3.16. The number of nitrogens with zero attached hydrogens (tertiary/aromatic N) is 2. The number of para-hydroxylation sites is 2. The fourth-order valence-electron chi connectivity index (χ4n) is 3.28. The Labute approximate surface area is 168 Å². The SMILES string of the molecule is CCOC(=O)c1cnc2ccc(OC)cc2c1NCCc1nc2ccccc2[nH]1. The van der Waals surface area contributed by atoms with E-state index >= 15 is 0 Å². The molecule has 148 valence electrons. The number of carbonyl (C=O) groups is 1.